The minimum absolute atomic E-state index is 0.279. The van der Waals surface area contributed by atoms with Gasteiger partial charge in [0.1, 0.15) is 0 Å². The standard InChI is InChI=1S/C10H10OS/c1-6-4-8-7(5-10(6)12)2-3-9(8)11/h4-5,12H,2-3H2,1H3. The minimum atomic E-state index is 0.279. The van der Waals surface area contributed by atoms with Gasteiger partial charge in [-0.3, -0.25) is 4.79 Å². The molecule has 0 radical (unpaired) electrons. The highest BCUT2D eigenvalue weighted by Gasteiger charge is 2.19. The van der Waals surface area contributed by atoms with E-state index in [1.54, 1.807) is 0 Å². The Hall–Kier alpha value is -0.760. The van der Waals surface area contributed by atoms with Gasteiger partial charge in [-0.2, -0.15) is 0 Å². The van der Waals surface area contributed by atoms with Crippen molar-refractivity contribution in [1.29, 1.82) is 0 Å². The van der Waals surface area contributed by atoms with Gasteiger partial charge in [0.05, 0.1) is 0 Å². The number of hydrogen-bond acceptors (Lipinski definition) is 2. The summed E-state index contributed by atoms with van der Waals surface area (Å²) in [5.41, 5.74) is 3.16. The fraction of sp³-hybridized carbons (Fsp3) is 0.300. The van der Waals surface area contributed by atoms with Gasteiger partial charge in [-0.25, -0.2) is 0 Å². The maximum atomic E-state index is 11.3. The lowest BCUT2D eigenvalue weighted by atomic mass is 10.1. The molecule has 0 heterocycles. The number of rotatable bonds is 0. The molecule has 0 atom stereocenters. The molecule has 12 heavy (non-hydrogen) atoms. The first-order valence-electron chi connectivity index (χ1n) is 4.04. The molecular weight excluding hydrogens is 168 g/mol. The van der Waals surface area contributed by atoms with E-state index in [0.717, 1.165) is 28.0 Å². The molecular formula is C10H10OS. The van der Waals surface area contributed by atoms with Crippen molar-refractivity contribution in [2.24, 2.45) is 0 Å². The summed E-state index contributed by atoms with van der Waals surface area (Å²) in [6, 6.07) is 3.96. The van der Waals surface area contributed by atoms with E-state index in [9.17, 15) is 4.79 Å². The molecule has 0 aromatic heterocycles. The van der Waals surface area contributed by atoms with Crippen LogP contribution in [-0.4, -0.2) is 5.78 Å². The average molecular weight is 178 g/mol. The quantitative estimate of drug-likeness (QED) is 0.604. The predicted molar refractivity (Wildman–Crippen MR) is 51.1 cm³/mol. The summed E-state index contributed by atoms with van der Waals surface area (Å²) in [4.78, 5) is 12.3. The zero-order valence-electron chi connectivity index (χ0n) is 6.92. The molecule has 2 heteroatoms. The SMILES string of the molecule is Cc1cc2c(cc1S)CCC2=O. The van der Waals surface area contributed by atoms with Crippen molar-refractivity contribution < 1.29 is 4.79 Å². The summed E-state index contributed by atoms with van der Waals surface area (Å²) in [7, 11) is 0. The van der Waals surface area contributed by atoms with Crippen molar-refractivity contribution >= 4 is 18.4 Å². The first-order valence-corrected chi connectivity index (χ1v) is 4.49. The van der Waals surface area contributed by atoms with E-state index in [4.69, 9.17) is 0 Å². The van der Waals surface area contributed by atoms with Crippen LogP contribution in [0.15, 0.2) is 17.0 Å². The van der Waals surface area contributed by atoms with Crippen LogP contribution < -0.4 is 0 Å². The Balaban J connectivity index is 2.63. The monoisotopic (exact) mass is 178 g/mol. The lowest BCUT2D eigenvalue weighted by molar-refractivity contribution is 0.0994. The fourth-order valence-corrected chi connectivity index (χ4v) is 1.81. The van der Waals surface area contributed by atoms with Crippen LogP contribution in [0.3, 0.4) is 0 Å². The molecule has 62 valence electrons. The van der Waals surface area contributed by atoms with E-state index >= 15 is 0 Å². The summed E-state index contributed by atoms with van der Waals surface area (Å²) in [6.45, 7) is 1.98. The molecule has 1 aliphatic carbocycles. The zero-order chi connectivity index (χ0) is 8.72. The molecule has 1 aromatic carbocycles. The number of carbonyl (C=O) groups excluding carboxylic acids is 1. The van der Waals surface area contributed by atoms with E-state index in [2.05, 4.69) is 12.6 Å². The van der Waals surface area contributed by atoms with E-state index in [0.29, 0.717) is 6.42 Å². The van der Waals surface area contributed by atoms with Gasteiger partial charge in [0, 0.05) is 16.9 Å². The second-order valence-corrected chi connectivity index (χ2v) is 3.70. The lowest BCUT2D eigenvalue weighted by Gasteiger charge is -2.02. The molecule has 0 amide bonds. The zero-order valence-corrected chi connectivity index (χ0v) is 7.82. The van der Waals surface area contributed by atoms with Gasteiger partial charge in [-0.15, -0.1) is 12.6 Å². The van der Waals surface area contributed by atoms with Crippen LogP contribution in [0.25, 0.3) is 0 Å². The number of ketones is 1. The van der Waals surface area contributed by atoms with Crippen LogP contribution in [0.2, 0.25) is 0 Å². The number of Topliss-reactive ketones (excluding diaryl/α,β-unsaturated/α-hetero) is 1. The summed E-state index contributed by atoms with van der Waals surface area (Å²) in [5, 5.41) is 0. The van der Waals surface area contributed by atoms with Gasteiger partial charge in [0.2, 0.25) is 0 Å². The lowest BCUT2D eigenvalue weighted by Crippen LogP contribution is -1.92. The molecule has 0 spiro atoms. The van der Waals surface area contributed by atoms with Crippen LogP contribution in [0, 0.1) is 6.92 Å². The van der Waals surface area contributed by atoms with Crippen molar-refractivity contribution in [1.82, 2.24) is 0 Å². The fourth-order valence-electron chi connectivity index (χ4n) is 1.59. The molecule has 1 aliphatic rings. The predicted octanol–water partition coefficient (Wildman–Crippen LogP) is 2.41. The first kappa shape index (κ1) is 7.87. The van der Waals surface area contributed by atoms with Crippen molar-refractivity contribution in [3.63, 3.8) is 0 Å². The van der Waals surface area contributed by atoms with Crippen molar-refractivity contribution in [3.8, 4) is 0 Å². The average Bonchev–Trinajstić information content (AvgIpc) is 2.35. The topological polar surface area (TPSA) is 17.1 Å². The van der Waals surface area contributed by atoms with Crippen LogP contribution >= 0.6 is 12.6 Å². The Kier molecular flexibility index (Phi) is 1.72. The Morgan fingerprint density at radius 2 is 2.08 bits per heavy atom. The molecule has 0 aliphatic heterocycles. The molecule has 1 nitrogen and oxygen atoms in total. The number of aryl methyl sites for hydroxylation is 2. The second-order valence-electron chi connectivity index (χ2n) is 3.22. The first-order chi connectivity index (χ1) is 5.68. The minimum Gasteiger partial charge on any atom is -0.294 e. The van der Waals surface area contributed by atoms with E-state index in [1.165, 1.54) is 0 Å². The number of carbonyl (C=O) groups is 1. The van der Waals surface area contributed by atoms with Gasteiger partial charge in [0.15, 0.2) is 5.78 Å². The Labute approximate surface area is 77.2 Å². The van der Waals surface area contributed by atoms with Crippen LogP contribution in [-0.2, 0) is 6.42 Å². The highest BCUT2D eigenvalue weighted by atomic mass is 32.1. The van der Waals surface area contributed by atoms with E-state index in [-0.39, 0.29) is 5.78 Å². The van der Waals surface area contributed by atoms with Gasteiger partial charge in [-0.05, 0) is 36.6 Å². The molecule has 0 bridgehead atoms. The molecule has 0 unspecified atom stereocenters. The van der Waals surface area contributed by atoms with E-state index < -0.39 is 0 Å². The number of hydrogen-bond donors (Lipinski definition) is 1. The largest absolute Gasteiger partial charge is 0.294 e. The molecule has 0 saturated carbocycles. The van der Waals surface area contributed by atoms with Gasteiger partial charge in [0.25, 0.3) is 0 Å². The Bertz CT molecular complexity index is 355. The van der Waals surface area contributed by atoms with Crippen LogP contribution in [0.4, 0.5) is 0 Å². The van der Waals surface area contributed by atoms with Crippen molar-refractivity contribution in [3.05, 3.63) is 28.8 Å². The maximum absolute atomic E-state index is 11.3. The van der Waals surface area contributed by atoms with Crippen LogP contribution in [0.5, 0.6) is 0 Å². The normalized spacial score (nSPS) is 15.0. The number of fused-ring (bicyclic) bond motifs is 1. The second kappa shape index (κ2) is 2.63. The Morgan fingerprint density at radius 1 is 1.33 bits per heavy atom. The number of benzene rings is 1. The number of thiol groups is 1. The molecule has 0 fully saturated rings. The molecule has 1 aromatic rings. The third-order valence-electron chi connectivity index (χ3n) is 2.34. The summed E-state index contributed by atoms with van der Waals surface area (Å²) in [5.74, 6) is 0.279. The van der Waals surface area contributed by atoms with Crippen molar-refractivity contribution in [2.75, 3.05) is 0 Å². The summed E-state index contributed by atoms with van der Waals surface area (Å²) in [6.07, 6.45) is 1.56. The van der Waals surface area contributed by atoms with Gasteiger partial charge in [-0.1, -0.05) is 0 Å². The molecule has 0 N–H and O–H groups in total. The third-order valence-corrected chi connectivity index (χ3v) is 2.83. The van der Waals surface area contributed by atoms with E-state index in [1.807, 2.05) is 19.1 Å². The highest BCUT2D eigenvalue weighted by Crippen LogP contribution is 2.26. The summed E-state index contributed by atoms with van der Waals surface area (Å²) >= 11 is 4.31. The van der Waals surface area contributed by atoms with Crippen molar-refractivity contribution in [2.45, 2.75) is 24.7 Å². The summed E-state index contributed by atoms with van der Waals surface area (Å²) < 4.78 is 0. The third kappa shape index (κ3) is 1.07. The Morgan fingerprint density at radius 3 is 2.83 bits per heavy atom. The van der Waals surface area contributed by atoms with Gasteiger partial charge >= 0.3 is 0 Å². The van der Waals surface area contributed by atoms with Crippen LogP contribution in [0.1, 0.15) is 27.9 Å². The molecule has 0 saturated heterocycles. The molecule has 2 rings (SSSR count). The highest BCUT2D eigenvalue weighted by molar-refractivity contribution is 7.80. The smallest absolute Gasteiger partial charge is 0.163 e. The maximum Gasteiger partial charge on any atom is 0.163 e. The van der Waals surface area contributed by atoms with Gasteiger partial charge < -0.3 is 0 Å².